The summed E-state index contributed by atoms with van der Waals surface area (Å²) in [5, 5.41) is 9.68. The van der Waals surface area contributed by atoms with E-state index in [1.807, 2.05) is 0 Å². The minimum absolute atomic E-state index is 0.557. The van der Waals surface area contributed by atoms with Crippen LogP contribution >= 0.6 is 31.9 Å². The first-order valence-electron chi connectivity index (χ1n) is 4.17. The van der Waals surface area contributed by atoms with Gasteiger partial charge in [0.1, 0.15) is 11.9 Å². The van der Waals surface area contributed by atoms with Crippen molar-refractivity contribution < 1.29 is 9.52 Å². The Bertz CT molecular complexity index is 340. The highest BCUT2D eigenvalue weighted by Gasteiger charge is 2.13. The monoisotopic (exact) mass is 320 g/mol. The van der Waals surface area contributed by atoms with Crippen LogP contribution in [-0.4, -0.2) is 5.11 Å². The summed E-state index contributed by atoms with van der Waals surface area (Å²) in [6.07, 6.45) is 0.680. The summed E-state index contributed by atoms with van der Waals surface area (Å²) in [5.74, 6) is 6.23. The lowest BCUT2D eigenvalue weighted by Gasteiger charge is -2.03. The summed E-state index contributed by atoms with van der Waals surface area (Å²) in [5.41, 5.74) is 0. The highest BCUT2D eigenvalue weighted by molar-refractivity contribution is 9.13. The number of furan rings is 1. The van der Waals surface area contributed by atoms with Crippen molar-refractivity contribution in [3.05, 3.63) is 21.0 Å². The molecule has 4 heteroatoms. The molecule has 0 amide bonds. The third-order valence-corrected chi connectivity index (χ3v) is 3.42. The molecule has 0 saturated heterocycles. The van der Waals surface area contributed by atoms with Crippen LogP contribution in [0.1, 0.15) is 31.6 Å². The lowest BCUT2D eigenvalue weighted by molar-refractivity contribution is 0.140. The van der Waals surface area contributed by atoms with Crippen molar-refractivity contribution in [2.75, 3.05) is 0 Å². The molecule has 1 unspecified atom stereocenters. The zero-order valence-electron chi connectivity index (χ0n) is 7.68. The van der Waals surface area contributed by atoms with E-state index in [0.29, 0.717) is 23.3 Å². The Labute approximate surface area is 99.9 Å². The molecule has 0 aliphatic carbocycles. The molecule has 0 bridgehead atoms. The largest absolute Gasteiger partial charge is 0.450 e. The Morgan fingerprint density at radius 2 is 2.29 bits per heavy atom. The Kier molecular flexibility index (Phi) is 4.73. The summed E-state index contributed by atoms with van der Waals surface area (Å²) >= 11 is 6.50. The van der Waals surface area contributed by atoms with Gasteiger partial charge in [-0.15, -0.1) is 11.8 Å². The van der Waals surface area contributed by atoms with E-state index in [1.165, 1.54) is 0 Å². The van der Waals surface area contributed by atoms with Gasteiger partial charge in [-0.05, 0) is 51.3 Å². The van der Waals surface area contributed by atoms with E-state index in [9.17, 15) is 5.11 Å². The van der Waals surface area contributed by atoms with E-state index in [2.05, 4.69) is 43.7 Å². The van der Waals surface area contributed by atoms with Crippen LogP contribution < -0.4 is 0 Å². The van der Waals surface area contributed by atoms with Crippen LogP contribution in [0.2, 0.25) is 0 Å². The van der Waals surface area contributed by atoms with Gasteiger partial charge < -0.3 is 9.52 Å². The van der Waals surface area contributed by atoms with E-state index in [-0.39, 0.29) is 0 Å². The second-order valence-electron chi connectivity index (χ2n) is 2.75. The molecule has 1 N–H and O–H groups in total. The molecule has 1 heterocycles. The molecule has 2 nitrogen and oxygen atoms in total. The van der Waals surface area contributed by atoms with Crippen LogP contribution in [-0.2, 0) is 0 Å². The third-order valence-electron chi connectivity index (χ3n) is 1.71. The minimum Gasteiger partial charge on any atom is -0.450 e. The van der Waals surface area contributed by atoms with Gasteiger partial charge in [0, 0.05) is 6.42 Å². The third kappa shape index (κ3) is 3.16. The first-order chi connectivity index (χ1) is 6.65. The van der Waals surface area contributed by atoms with Crippen molar-refractivity contribution >= 4 is 31.9 Å². The molecule has 1 aromatic heterocycles. The van der Waals surface area contributed by atoms with Crippen LogP contribution in [0.25, 0.3) is 0 Å². The van der Waals surface area contributed by atoms with Crippen LogP contribution in [0.3, 0.4) is 0 Å². The molecular formula is C10H10Br2O2. The Balaban J connectivity index is 2.58. The van der Waals surface area contributed by atoms with Gasteiger partial charge >= 0.3 is 0 Å². The normalized spacial score (nSPS) is 12.0. The van der Waals surface area contributed by atoms with Crippen LogP contribution in [0.15, 0.2) is 19.6 Å². The fourth-order valence-corrected chi connectivity index (χ4v) is 1.61. The number of rotatable bonds is 3. The smallest absolute Gasteiger partial charge is 0.183 e. The minimum atomic E-state index is -0.585. The maximum atomic E-state index is 9.68. The van der Waals surface area contributed by atoms with E-state index in [1.54, 1.807) is 13.0 Å². The van der Waals surface area contributed by atoms with Gasteiger partial charge in [-0.1, -0.05) is 0 Å². The van der Waals surface area contributed by atoms with Crippen molar-refractivity contribution in [1.29, 1.82) is 0 Å². The zero-order valence-corrected chi connectivity index (χ0v) is 10.9. The fourth-order valence-electron chi connectivity index (χ4n) is 1.00. The molecule has 0 fully saturated rings. The van der Waals surface area contributed by atoms with Crippen molar-refractivity contribution in [3.8, 4) is 11.8 Å². The molecule has 1 rings (SSSR count). The molecule has 1 atom stereocenters. The van der Waals surface area contributed by atoms with E-state index in [0.717, 1.165) is 4.47 Å². The fraction of sp³-hybridized carbons (Fsp3) is 0.400. The number of aliphatic hydroxyl groups is 1. The summed E-state index contributed by atoms with van der Waals surface area (Å²) in [7, 11) is 0. The summed E-state index contributed by atoms with van der Waals surface area (Å²) in [4.78, 5) is 0. The molecule has 0 spiro atoms. The van der Waals surface area contributed by atoms with Gasteiger partial charge in [0.25, 0.3) is 0 Å². The highest BCUT2D eigenvalue weighted by Crippen LogP contribution is 2.31. The molecule has 0 aromatic carbocycles. The Morgan fingerprint density at radius 3 is 2.79 bits per heavy atom. The predicted octanol–water partition coefficient (Wildman–Crippen LogP) is 3.64. The molecule has 1 aromatic rings. The molecular weight excluding hydrogens is 312 g/mol. The van der Waals surface area contributed by atoms with Gasteiger partial charge in [0.05, 0.1) is 4.47 Å². The first kappa shape index (κ1) is 11.8. The van der Waals surface area contributed by atoms with Gasteiger partial charge in [-0.2, -0.15) is 0 Å². The van der Waals surface area contributed by atoms with Gasteiger partial charge in [-0.25, -0.2) is 0 Å². The number of hydrogen-bond donors (Lipinski definition) is 1. The Morgan fingerprint density at radius 1 is 1.57 bits per heavy atom. The number of aliphatic hydroxyl groups excluding tert-OH is 1. The predicted molar refractivity (Wildman–Crippen MR) is 61.8 cm³/mol. The molecule has 0 aliphatic rings. The van der Waals surface area contributed by atoms with E-state index in [4.69, 9.17) is 4.42 Å². The topological polar surface area (TPSA) is 33.4 Å². The van der Waals surface area contributed by atoms with Crippen LogP contribution in [0.4, 0.5) is 0 Å². The molecule has 0 radical (unpaired) electrons. The number of hydrogen-bond acceptors (Lipinski definition) is 2. The van der Waals surface area contributed by atoms with Gasteiger partial charge in [0.2, 0.25) is 0 Å². The van der Waals surface area contributed by atoms with Crippen molar-refractivity contribution in [3.63, 3.8) is 0 Å². The first-order valence-corrected chi connectivity index (χ1v) is 5.76. The van der Waals surface area contributed by atoms with Crippen molar-refractivity contribution in [2.45, 2.75) is 25.9 Å². The van der Waals surface area contributed by atoms with Crippen LogP contribution in [0.5, 0.6) is 0 Å². The SMILES string of the molecule is CC#CCCC(O)c1cc(Br)c(Br)o1. The average molecular weight is 322 g/mol. The quantitative estimate of drug-likeness (QED) is 0.862. The van der Waals surface area contributed by atoms with Crippen LogP contribution in [0, 0.1) is 11.8 Å². The lowest BCUT2D eigenvalue weighted by Crippen LogP contribution is -1.94. The van der Waals surface area contributed by atoms with Gasteiger partial charge in [-0.3, -0.25) is 0 Å². The van der Waals surface area contributed by atoms with Crippen molar-refractivity contribution in [2.24, 2.45) is 0 Å². The molecule has 0 saturated carbocycles. The highest BCUT2D eigenvalue weighted by atomic mass is 79.9. The summed E-state index contributed by atoms with van der Waals surface area (Å²) in [6.45, 7) is 1.78. The second-order valence-corrected chi connectivity index (χ2v) is 4.33. The van der Waals surface area contributed by atoms with Crippen molar-refractivity contribution in [1.82, 2.24) is 0 Å². The second kappa shape index (κ2) is 5.59. The lowest BCUT2D eigenvalue weighted by atomic mass is 10.1. The maximum Gasteiger partial charge on any atom is 0.183 e. The maximum absolute atomic E-state index is 9.68. The van der Waals surface area contributed by atoms with E-state index < -0.39 is 6.10 Å². The summed E-state index contributed by atoms with van der Waals surface area (Å²) in [6, 6.07) is 1.76. The van der Waals surface area contributed by atoms with Gasteiger partial charge in [0.15, 0.2) is 4.67 Å². The molecule has 14 heavy (non-hydrogen) atoms. The molecule has 76 valence electrons. The zero-order chi connectivity index (χ0) is 10.6. The average Bonchev–Trinajstić information content (AvgIpc) is 2.47. The summed E-state index contributed by atoms with van der Waals surface area (Å²) < 4.78 is 6.70. The standard InChI is InChI=1S/C10H10Br2O2/c1-2-3-4-5-8(13)9-6-7(11)10(12)14-9/h6,8,13H,4-5H2,1H3. The number of halogens is 2. The Hall–Kier alpha value is -0.240. The molecule has 0 aliphatic heterocycles. The van der Waals surface area contributed by atoms with E-state index >= 15 is 0 Å².